The van der Waals surface area contributed by atoms with Crippen molar-refractivity contribution >= 4 is 28.8 Å². The molecule has 3 aromatic rings. The lowest BCUT2D eigenvalue weighted by molar-refractivity contribution is -0.140. The number of esters is 1. The van der Waals surface area contributed by atoms with Gasteiger partial charge < -0.3 is 4.74 Å². The van der Waals surface area contributed by atoms with Crippen LogP contribution in [0, 0.1) is 5.82 Å². The molecular weight excluding hydrogens is 399 g/mol. The summed E-state index contributed by atoms with van der Waals surface area (Å²) in [5, 5.41) is -0.273. The van der Waals surface area contributed by atoms with Crippen molar-refractivity contribution in [3.63, 3.8) is 0 Å². The number of ether oxygens (including phenoxy) is 1. The Morgan fingerprint density at radius 1 is 1.24 bits per heavy atom. The van der Waals surface area contributed by atoms with E-state index >= 15 is 0 Å². The third-order valence-corrected chi connectivity index (χ3v) is 5.77. The Morgan fingerprint density at radius 2 is 1.97 bits per heavy atom. The number of aromatic nitrogens is 4. The van der Waals surface area contributed by atoms with Gasteiger partial charge in [-0.05, 0) is 18.6 Å². The molecule has 1 aromatic carbocycles. The molecule has 0 unspecified atom stereocenters. The van der Waals surface area contributed by atoms with Crippen molar-refractivity contribution in [2.24, 2.45) is 14.1 Å². The lowest BCUT2D eigenvalue weighted by Crippen LogP contribution is -2.37. The van der Waals surface area contributed by atoms with E-state index in [-0.39, 0.29) is 21.9 Å². The number of thioether (sulfide) groups is 1. The first kappa shape index (κ1) is 20.7. The fourth-order valence-corrected chi connectivity index (χ4v) is 3.90. The lowest BCUT2D eigenvalue weighted by atomic mass is 10.2. The first-order valence-electron chi connectivity index (χ1n) is 8.76. The Hall–Kier alpha value is -3.01. The number of nitrogens with zero attached hydrogens (tertiary/aromatic N) is 4. The molecule has 0 aliphatic rings. The van der Waals surface area contributed by atoms with Gasteiger partial charge in [-0.3, -0.25) is 18.7 Å². The monoisotopic (exact) mass is 418 g/mol. The van der Waals surface area contributed by atoms with E-state index in [9.17, 15) is 18.8 Å². The molecule has 0 spiro atoms. The predicted octanol–water partition coefficient (Wildman–Crippen LogP) is 1.88. The largest absolute Gasteiger partial charge is 0.468 e. The number of rotatable bonds is 5. The van der Waals surface area contributed by atoms with Gasteiger partial charge in [0, 0.05) is 19.7 Å². The summed E-state index contributed by atoms with van der Waals surface area (Å²) >= 11 is 1.05. The minimum Gasteiger partial charge on any atom is -0.468 e. The third-order valence-electron chi connectivity index (χ3n) is 4.44. The highest BCUT2D eigenvalue weighted by molar-refractivity contribution is 8.00. The Balaban J connectivity index is 2.36. The summed E-state index contributed by atoms with van der Waals surface area (Å²) in [6.07, 6.45) is 0.435. The molecule has 0 bridgehead atoms. The molecule has 0 amide bonds. The van der Waals surface area contributed by atoms with Crippen LogP contribution in [0.25, 0.3) is 22.4 Å². The minimum atomic E-state index is -0.611. The topological polar surface area (TPSA) is 96.1 Å². The summed E-state index contributed by atoms with van der Waals surface area (Å²) in [6, 6.07) is 5.68. The van der Waals surface area contributed by atoms with Crippen molar-refractivity contribution in [1.29, 1.82) is 0 Å². The van der Waals surface area contributed by atoms with Gasteiger partial charge in [0.15, 0.2) is 11.5 Å². The molecule has 0 aliphatic heterocycles. The van der Waals surface area contributed by atoms with E-state index in [0.717, 1.165) is 16.3 Å². The highest BCUT2D eigenvalue weighted by Gasteiger charge is 2.24. The summed E-state index contributed by atoms with van der Waals surface area (Å²) < 4.78 is 20.7. The Kier molecular flexibility index (Phi) is 5.83. The molecular formula is C19H19FN4O4S. The molecule has 0 aliphatic carbocycles. The summed E-state index contributed by atoms with van der Waals surface area (Å²) in [4.78, 5) is 46.1. The minimum absolute atomic E-state index is 0.106. The van der Waals surface area contributed by atoms with Crippen LogP contribution in [0.1, 0.15) is 13.3 Å². The number of benzene rings is 1. The smallest absolute Gasteiger partial charge is 0.332 e. The maximum atomic E-state index is 13.7. The van der Waals surface area contributed by atoms with Crippen LogP contribution in [0.15, 0.2) is 38.9 Å². The van der Waals surface area contributed by atoms with Crippen LogP contribution in [0.3, 0.4) is 0 Å². The van der Waals surface area contributed by atoms with Gasteiger partial charge in [0.05, 0.1) is 7.11 Å². The maximum Gasteiger partial charge on any atom is 0.332 e. The fourth-order valence-electron chi connectivity index (χ4n) is 2.84. The van der Waals surface area contributed by atoms with Crippen molar-refractivity contribution < 1.29 is 13.9 Å². The maximum absolute atomic E-state index is 13.7. The number of hydrogen-bond donors (Lipinski definition) is 0. The molecule has 152 valence electrons. The summed E-state index contributed by atoms with van der Waals surface area (Å²) in [7, 11) is 4.12. The van der Waals surface area contributed by atoms with Gasteiger partial charge in [0.1, 0.15) is 21.5 Å². The van der Waals surface area contributed by atoms with Crippen LogP contribution in [0.2, 0.25) is 0 Å². The number of hydrogen-bond acceptors (Lipinski definition) is 7. The average Bonchev–Trinajstić information content (AvgIpc) is 2.73. The molecule has 3 rings (SSSR count). The molecule has 0 radical (unpaired) electrons. The van der Waals surface area contributed by atoms with Crippen molar-refractivity contribution in [3.8, 4) is 11.4 Å². The predicted molar refractivity (Wildman–Crippen MR) is 107 cm³/mol. The number of aryl methyl sites for hydroxylation is 1. The highest BCUT2D eigenvalue weighted by atomic mass is 32.2. The first-order chi connectivity index (χ1) is 13.8. The SMILES string of the molecule is CC[C@@H](Sc1nc(-c2cccc(F)c2)nc2c1c(=O)n(C)c(=O)n2C)C(=O)OC. The second-order valence-electron chi connectivity index (χ2n) is 6.30. The van der Waals surface area contributed by atoms with Crippen molar-refractivity contribution in [3.05, 3.63) is 50.9 Å². The molecule has 10 heteroatoms. The van der Waals surface area contributed by atoms with Gasteiger partial charge in [-0.25, -0.2) is 19.2 Å². The molecule has 2 aromatic heterocycles. The summed E-state index contributed by atoms with van der Waals surface area (Å²) in [6.45, 7) is 1.80. The second-order valence-corrected chi connectivity index (χ2v) is 7.50. The summed E-state index contributed by atoms with van der Waals surface area (Å²) in [5.41, 5.74) is -0.638. The molecule has 2 heterocycles. The van der Waals surface area contributed by atoms with E-state index in [1.165, 1.54) is 44.0 Å². The van der Waals surface area contributed by atoms with E-state index in [4.69, 9.17) is 4.74 Å². The van der Waals surface area contributed by atoms with Crippen molar-refractivity contribution in [2.45, 2.75) is 23.6 Å². The molecule has 0 fully saturated rings. The van der Waals surface area contributed by atoms with E-state index in [0.29, 0.717) is 12.0 Å². The number of methoxy groups -OCH3 is 1. The van der Waals surface area contributed by atoms with Crippen LogP contribution >= 0.6 is 11.8 Å². The number of carbonyl (C=O) groups excluding carboxylic acids is 1. The van der Waals surface area contributed by atoms with Gasteiger partial charge in [-0.2, -0.15) is 0 Å². The summed E-state index contributed by atoms with van der Waals surface area (Å²) in [5.74, 6) is -0.792. The Bertz CT molecular complexity index is 1220. The zero-order valence-electron chi connectivity index (χ0n) is 16.3. The van der Waals surface area contributed by atoms with Crippen LogP contribution in [0.5, 0.6) is 0 Å². The normalized spacial score (nSPS) is 12.2. The zero-order chi connectivity index (χ0) is 21.3. The standard InChI is InChI=1S/C19H19FN4O4S/c1-5-12(18(26)28-4)29-16-13-15(23(2)19(27)24(3)17(13)25)21-14(22-16)10-7-6-8-11(20)9-10/h6-9,12H,5H2,1-4H3/t12-/m1/s1. The Labute approximate surface area is 169 Å². The van der Waals surface area contributed by atoms with Gasteiger partial charge in [0.25, 0.3) is 5.56 Å². The lowest BCUT2D eigenvalue weighted by Gasteiger charge is -2.15. The Morgan fingerprint density at radius 3 is 2.59 bits per heavy atom. The second kappa shape index (κ2) is 8.16. The number of fused-ring (bicyclic) bond motifs is 1. The van der Waals surface area contributed by atoms with Crippen LogP contribution in [-0.2, 0) is 23.6 Å². The zero-order valence-corrected chi connectivity index (χ0v) is 17.1. The van der Waals surface area contributed by atoms with Gasteiger partial charge in [-0.15, -0.1) is 0 Å². The van der Waals surface area contributed by atoms with E-state index in [2.05, 4.69) is 9.97 Å². The van der Waals surface area contributed by atoms with Crippen LogP contribution in [-0.4, -0.2) is 37.4 Å². The molecule has 0 saturated carbocycles. The third kappa shape index (κ3) is 3.80. The van der Waals surface area contributed by atoms with Crippen LogP contribution < -0.4 is 11.2 Å². The van der Waals surface area contributed by atoms with Gasteiger partial charge in [-0.1, -0.05) is 30.8 Å². The molecule has 0 saturated heterocycles. The quantitative estimate of drug-likeness (QED) is 0.355. The molecule has 29 heavy (non-hydrogen) atoms. The van der Waals surface area contributed by atoms with Crippen molar-refractivity contribution in [1.82, 2.24) is 19.1 Å². The van der Waals surface area contributed by atoms with Gasteiger partial charge in [0.2, 0.25) is 0 Å². The number of carbonyl (C=O) groups is 1. The van der Waals surface area contributed by atoms with Gasteiger partial charge >= 0.3 is 11.7 Å². The fraction of sp³-hybridized carbons (Fsp3) is 0.316. The highest BCUT2D eigenvalue weighted by Crippen LogP contribution is 2.30. The number of halogens is 1. The van der Waals surface area contributed by atoms with Crippen molar-refractivity contribution in [2.75, 3.05) is 7.11 Å². The van der Waals surface area contributed by atoms with E-state index in [1.807, 2.05) is 0 Å². The van der Waals surface area contributed by atoms with Crippen LogP contribution in [0.4, 0.5) is 4.39 Å². The molecule has 1 atom stereocenters. The van der Waals surface area contributed by atoms with E-state index in [1.54, 1.807) is 13.0 Å². The first-order valence-corrected chi connectivity index (χ1v) is 9.64. The van der Waals surface area contributed by atoms with E-state index < -0.39 is 28.3 Å². The average molecular weight is 418 g/mol. The molecule has 0 N–H and O–H groups in total. The molecule has 8 nitrogen and oxygen atoms in total.